The number of aromatic carboxylic acids is 1. The summed E-state index contributed by atoms with van der Waals surface area (Å²) in [5, 5.41) is 26.5. The molecule has 1 unspecified atom stereocenters. The van der Waals surface area contributed by atoms with Gasteiger partial charge in [-0.15, -0.1) is 0 Å². The molecule has 1 aromatic heterocycles. The van der Waals surface area contributed by atoms with Gasteiger partial charge in [-0.3, -0.25) is 14.9 Å². The lowest BCUT2D eigenvalue weighted by Crippen LogP contribution is -2.29. The highest BCUT2D eigenvalue weighted by Crippen LogP contribution is 2.27. The fraction of sp³-hybridized carbons (Fsp3) is 0.194. The van der Waals surface area contributed by atoms with E-state index in [-0.39, 0.29) is 23.7 Å². The Kier molecular flexibility index (Phi) is 11.2. The molecule has 43 heavy (non-hydrogen) atoms. The molecule has 1 amide bonds. The number of nitrogens with one attached hydrogen (secondary N) is 2. The van der Waals surface area contributed by atoms with Gasteiger partial charge in [0.2, 0.25) is 0 Å². The lowest BCUT2D eigenvalue weighted by atomic mass is 10.1. The number of benzene rings is 3. The second kappa shape index (κ2) is 15.0. The second-order valence-corrected chi connectivity index (χ2v) is 8.93. The van der Waals surface area contributed by atoms with Crippen molar-refractivity contribution >= 4 is 23.4 Å². The molecule has 0 aliphatic carbocycles. The van der Waals surface area contributed by atoms with Crippen molar-refractivity contribution in [2.45, 2.75) is 32.9 Å². The average Bonchev–Trinajstić information content (AvgIpc) is 3.01. The van der Waals surface area contributed by atoms with Gasteiger partial charge in [-0.05, 0) is 48.4 Å². The Balaban J connectivity index is 0.00000248. The summed E-state index contributed by atoms with van der Waals surface area (Å²) in [7, 11) is 0. The molecule has 4 rings (SSSR count). The minimum atomic E-state index is -1.47. The predicted molar refractivity (Wildman–Crippen MR) is 156 cm³/mol. The zero-order valence-corrected chi connectivity index (χ0v) is 23.6. The summed E-state index contributed by atoms with van der Waals surface area (Å²) >= 11 is 0. The van der Waals surface area contributed by atoms with E-state index in [1.165, 1.54) is 18.3 Å². The van der Waals surface area contributed by atoms with E-state index in [1.54, 1.807) is 31.2 Å². The molecule has 2 atom stereocenters. The highest BCUT2D eigenvalue weighted by atomic mass is 19.2. The van der Waals surface area contributed by atoms with Crippen molar-refractivity contribution in [1.29, 1.82) is 0 Å². The van der Waals surface area contributed by atoms with Crippen LogP contribution in [-0.2, 0) is 0 Å². The van der Waals surface area contributed by atoms with Gasteiger partial charge in [-0.25, -0.2) is 18.6 Å². The second-order valence-electron chi connectivity index (χ2n) is 8.93. The van der Waals surface area contributed by atoms with Crippen LogP contribution in [0.2, 0.25) is 0 Å². The number of hydrogen-bond acceptors (Lipinski definition) is 7. The number of carbonyl (C=O) groups excluding carboxylic acids is 1. The van der Waals surface area contributed by atoms with Crippen molar-refractivity contribution in [3.05, 3.63) is 129 Å². The van der Waals surface area contributed by atoms with E-state index < -0.39 is 51.8 Å². The molecule has 0 bridgehead atoms. The van der Waals surface area contributed by atoms with E-state index in [9.17, 15) is 33.6 Å². The standard InChI is InChI=1S/C29H24F2N4O6.C2H6/c1-17(19-9-11-23(30)24(31)14-19)33-28(36)21-8-5-13-32-27(21)34-25(18-6-3-2-4-7-18)16-41-20-10-12-26(35(39)40)22(15-20)29(37)38;1-2/h2-15,17,25H,16H2,1H3,(H,32,34)(H,33,36)(H,37,38);1-2H3/t17-,25?;/m0./s1. The summed E-state index contributed by atoms with van der Waals surface area (Å²) in [5.74, 6) is -3.71. The maximum atomic E-state index is 13.7. The Morgan fingerprint density at radius 3 is 2.33 bits per heavy atom. The van der Waals surface area contributed by atoms with Crippen molar-refractivity contribution in [3.63, 3.8) is 0 Å². The first kappa shape index (κ1) is 32.1. The summed E-state index contributed by atoms with van der Waals surface area (Å²) in [6.07, 6.45) is 1.48. The van der Waals surface area contributed by atoms with Crippen LogP contribution in [0.25, 0.3) is 0 Å². The third-order valence-corrected chi connectivity index (χ3v) is 6.17. The number of nitro groups is 1. The van der Waals surface area contributed by atoms with E-state index in [0.29, 0.717) is 5.56 Å². The number of amides is 1. The fourth-order valence-electron chi connectivity index (χ4n) is 4.03. The lowest BCUT2D eigenvalue weighted by molar-refractivity contribution is -0.385. The Morgan fingerprint density at radius 2 is 1.67 bits per heavy atom. The van der Waals surface area contributed by atoms with Gasteiger partial charge in [-0.2, -0.15) is 0 Å². The molecule has 0 fully saturated rings. The highest BCUT2D eigenvalue weighted by Gasteiger charge is 2.23. The first-order valence-corrected chi connectivity index (χ1v) is 13.3. The number of halogens is 2. The Morgan fingerprint density at radius 1 is 0.953 bits per heavy atom. The van der Waals surface area contributed by atoms with Crippen LogP contribution in [0.4, 0.5) is 20.3 Å². The van der Waals surface area contributed by atoms with Crippen LogP contribution >= 0.6 is 0 Å². The van der Waals surface area contributed by atoms with E-state index in [4.69, 9.17) is 4.74 Å². The number of pyridine rings is 1. The molecule has 12 heteroatoms. The fourth-order valence-corrected chi connectivity index (χ4v) is 4.03. The van der Waals surface area contributed by atoms with Crippen LogP contribution in [-0.4, -0.2) is 33.5 Å². The first-order chi connectivity index (χ1) is 20.6. The quantitative estimate of drug-likeness (QED) is 0.129. The third kappa shape index (κ3) is 8.32. The van der Waals surface area contributed by atoms with Gasteiger partial charge in [0, 0.05) is 18.3 Å². The molecule has 3 N–H and O–H groups in total. The van der Waals surface area contributed by atoms with Gasteiger partial charge >= 0.3 is 5.97 Å². The van der Waals surface area contributed by atoms with Gasteiger partial charge < -0.3 is 20.5 Å². The average molecular weight is 593 g/mol. The molecule has 0 aliphatic rings. The first-order valence-electron chi connectivity index (χ1n) is 13.3. The van der Waals surface area contributed by atoms with Gasteiger partial charge in [-0.1, -0.05) is 50.2 Å². The van der Waals surface area contributed by atoms with E-state index in [0.717, 1.165) is 29.8 Å². The number of hydrogen-bond donors (Lipinski definition) is 3. The largest absolute Gasteiger partial charge is 0.491 e. The van der Waals surface area contributed by atoms with Gasteiger partial charge in [0.1, 0.15) is 23.7 Å². The normalized spacial score (nSPS) is 11.7. The lowest BCUT2D eigenvalue weighted by Gasteiger charge is -2.22. The maximum Gasteiger partial charge on any atom is 0.342 e. The Bertz CT molecular complexity index is 1590. The zero-order valence-electron chi connectivity index (χ0n) is 23.6. The summed E-state index contributed by atoms with van der Waals surface area (Å²) in [4.78, 5) is 39.4. The zero-order chi connectivity index (χ0) is 31.5. The van der Waals surface area contributed by atoms with E-state index in [2.05, 4.69) is 15.6 Å². The van der Waals surface area contributed by atoms with Gasteiger partial charge in [0.15, 0.2) is 11.6 Å². The topological polar surface area (TPSA) is 144 Å². The molecule has 0 radical (unpaired) electrons. The molecular formula is C31H30F2N4O6. The SMILES string of the molecule is CC.C[C@H](NC(=O)c1cccnc1NC(COc1ccc([N+](=O)[O-])c(C(=O)O)c1)c1ccccc1)c1ccc(F)c(F)c1. The third-order valence-electron chi connectivity index (χ3n) is 6.17. The summed E-state index contributed by atoms with van der Waals surface area (Å²) in [5.41, 5.74) is 0.210. The predicted octanol–water partition coefficient (Wildman–Crippen LogP) is 6.72. The maximum absolute atomic E-state index is 13.7. The van der Waals surface area contributed by atoms with Crippen molar-refractivity contribution < 1.29 is 33.1 Å². The molecule has 0 saturated carbocycles. The molecule has 0 saturated heterocycles. The number of carboxylic acid groups (broad SMARTS) is 1. The number of carbonyl (C=O) groups is 2. The minimum absolute atomic E-state index is 0.0657. The number of nitro benzene ring substituents is 1. The van der Waals surface area contributed by atoms with E-state index >= 15 is 0 Å². The van der Waals surface area contributed by atoms with Crippen LogP contribution in [0.15, 0.2) is 85.1 Å². The molecule has 3 aromatic carbocycles. The number of aromatic nitrogens is 1. The number of rotatable bonds is 11. The number of nitrogens with zero attached hydrogens (tertiary/aromatic N) is 2. The van der Waals surface area contributed by atoms with Gasteiger partial charge in [0.05, 0.1) is 22.6 Å². The van der Waals surface area contributed by atoms with Crippen molar-refractivity contribution in [2.24, 2.45) is 0 Å². The Hall–Kier alpha value is -5.39. The molecule has 10 nitrogen and oxygen atoms in total. The van der Waals surface area contributed by atoms with Crippen LogP contribution in [0, 0.1) is 21.7 Å². The van der Waals surface area contributed by atoms with Gasteiger partial charge in [0.25, 0.3) is 11.6 Å². The van der Waals surface area contributed by atoms with Crippen molar-refractivity contribution in [1.82, 2.24) is 10.3 Å². The van der Waals surface area contributed by atoms with Crippen LogP contribution in [0.3, 0.4) is 0 Å². The number of carboxylic acids is 1. The number of anilines is 1. The minimum Gasteiger partial charge on any atom is -0.491 e. The summed E-state index contributed by atoms with van der Waals surface area (Å²) in [6.45, 7) is 5.56. The molecule has 4 aromatic rings. The highest BCUT2D eigenvalue weighted by molar-refractivity contribution is 5.99. The van der Waals surface area contributed by atoms with Crippen LogP contribution in [0.5, 0.6) is 5.75 Å². The smallest absolute Gasteiger partial charge is 0.342 e. The monoisotopic (exact) mass is 592 g/mol. The molecule has 0 spiro atoms. The van der Waals surface area contributed by atoms with Crippen LogP contribution in [0.1, 0.15) is 64.7 Å². The van der Waals surface area contributed by atoms with Crippen molar-refractivity contribution in [2.75, 3.05) is 11.9 Å². The number of ether oxygens (including phenoxy) is 1. The molecule has 224 valence electrons. The summed E-state index contributed by atoms with van der Waals surface area (Å²) in [6, 6.07) is 17.7. The molecule has 0 aliphatic heterocycles. The summed E-state index contributed by atoms with van der Waals surface area (Å²) < 4.78 is 32.9. The molecular weight excluding hydrogens is 562 g/mol. The Labute approximate surface area is 246 Å². The van der Waals surface area contributed by atoms with E-state index in [1.807, 2.05) is 32.0 Å². The van der Waals surface area contributed by atoms with Crippen molar-refractivity contribution in [3.8, 4) is 5.75 Å². The molecule has 1 heterocycles. The van der Waals surface area contributed by atoms with Crippen LogP contribution < -0.4 is 15.4 Å².